The molecule has 1 aromatic carbocycles. The number of carboxylic acids is 1. The maximum Gasteiger partial charge on any atom is 0.335 e. The van der Waals surface area contributed by atoms with Crippen LogP contribution in [0.2, 0.25) is 0 Å². The molecule has 2 aliphatic rings. The van der Waals surface area contributed by atoms with E-state index in [0.717, 1.165) is 38.6 Å². The number of unbranched alkanes of at least 4 members (excludes halogenated alkanes) is 2. The molecule has 10 heteroatoms. The monoisotopic (exact) mass is 547 g/mol. The number of rotatable bonds is 16. The highest BCUT2D eigenvalue weighted by Gasteiger charge is 2.32. The Balaban J connectivity index is 2.12. The molecule has 38 heavy (non-hydrogen) atoms. The summed E-state index contributed by atoms with van der Waals surface area (Å²) < 4.78 is 41.1. The Morgan fingerprint density at radius 3 is 2.34 bits per heavy atom. The minimum Gasteiger partial charge on any atom is -0.492 e. The van der Waals surface area contributed by atoms with Gasteiger partial charge in [-0.3, -0.25) is 0 Å². The number of aromatic carboxylic acids is 1. The lowest BCUT2D eigenvalue weighted by Crippen LogP contribution is -2.28. The number of allylic oxidation sites excluding steroid dienone is 4. The van der Waals surface area contributed by atoms with E-state index in [-0.39, 0.29) is 22.1 Å². The average molecular weight is 548 g/mol. The molecule has 1 atom stereocenters. The molecule has 3 rings (SSSR count). The van der Waals surface area contributed by atoms with Crippen LogP contribution < -0.4 is 14.4 Å². The van der Waals surface area contributed by atoms with Gasteiger partial charge in [-0.05, 0) is 64.7 Å². The molecule has 0 aromatic heterocycles. The predicted molar refractivity (Wildman–Crippen MR) is 149 cm³/mol. The van der Waals surface area contributed by atoms with E-state index in [1.54, 1.807) is 6.08 Å². The van der Waals surface area contributed by atoms with Crippen LogP contribution in [0.15, 0.2) is 52.3 Å². The van der Waals surface area contributed by atoms with Crippen molar-refractivity contribution in [1.82, 2.24) is 9.62 Å². The second-order valence-corrected chi connectivity index (χ2v) is 11.8. The van der Waals surface area contributed by atoms with Gasteiger partial charge in [0.05, 0.1) is 11.3 Å². The first kappa shape index (κ1) is 29.7. The first-order chi connectivity index (χ1) is 18.1. The summed E-state index contributed by atoms with van der Waals surface area (Å²) in [6.45, 7) is 6.71. The first-order valence-electron chi connectivity index (χ1n) is 13.3. The summed E-state index contributed by atoms with van der Waals surface area (Å²) in [7, 11) is 1.21. The Hall–Kier alpha value is -2.82. The number of hydrogen-bond acceptors (Lipinski definition) is 7. The molecule has 0 amide bonds. The minimum atomic E-state index is -4.04. The lowest BCUT2D eigenvalue weighted by Gasteiger charge is -2.28. The quantitative estimate of drug-likeness (QED) is 0.314. The van der Waals surface area contributed by atoms with Gasteiger partial charge >= 0.3 is 5.97 Å². The molecule has 1 saturated carbocycles. The Labute approximate surface area is 226 Å². The minimum absolute atomic E-state index is 0.108. The van der Waals surface area contributed by atoms with Crippen molar-refractivity contribution in [2.75, 3.05) is 52.3 Å². The summed E-state index contributed by atoms with van der Waals surface area (Å²) in [6, 6.07) is 2.69. The fraction of sp³-hybridized carbons (Fsp3) is 0.536. The summed E-state index contributed by atoms with van der Waals surface area (Å²) in [5.74, 6) is 0.257. The van der Waals surface area contributed by atoms with Crippen LogP contribution in [0.3, 0.4) is 0 Å². The zero-order valence-electron chi connectivity index (χ0n) is 23.1. The molecular formula is C28H41N3O6S. The van der Waals surface area contributed by atoms with Crippen LogP contribution in [-0.4, -0.2) is 71.8 Å². The second kappa shape index (κ2) is 13.3. The number of hydrogen-bond donors (Lipinski definition) is 2. The number of nitrogens with one attached hydrogen (secondary N) is 1. The number of fused-ring (bicyclic) bond motifs is 1. The van der Waals surface area contributed by atoms with E-state index in [1.165, 1.54) is 24.8 Å². The van der Waals surface area contributed by atoms with Crippen LogP contribution in [0, 0.1) is 5.92 Å². The molecule has 0 saturated heterocycles. The average Bonchev–Trinajstić information content (AvgIpc) is 3.62. The highest BCUT2D eigenvalue weighted by molar-refractivity contribution is 7.89. The van der Waals surface area contributed by atoms with Crippen LogP contribution in [0.4, 0.5) is 5.69 Å². The second-order valence-electron chi connectivity index (χ2n) is 9.93. The Kier molecular flexibility index (Phi) is 10.4. The fourth-order valence-corrected chi connectivity index (χ4v) is 5.05. The molecule has 1 unspecified atom stereocenters. The standard InChI is InChI=1S/C28H41N3O6S/c1-6-8-10-31(11-9-7-2)25-17-22(28(32)33)18-26(38(34,35)29-3)27(25)37-24-16-21-14-20(21)15-23(19-24)36-13-12-30(4)5/h15-19,21,29H,6-14H2,1-5H3,(H,32,33). The van der Waals surface area contributed by atoms with E-state index >= 15 is 0 Å². The molecule has 0 spiro atoms. The van der Waals surface area contributed by atoms with Gasteiger partial charge in [-0.15, -0.1) is 0 Å². The van der Waals surface area contributed by atoms with Gasteiger partial charge in [0.25, 0.3) is 0 Å². The number of carbonyl (C=O) groups is 1. The SMILES string of the molecule is CCCCN(CCCC)c1cc(C(=O)O)cc(S(=O)(=O)NC)c1OC1=CC2CC2=CC(OCCN(C)C)=C1. The lowest BCUT2D eigenvalue weighted by atomic mass is 10.1. The molecule has 2 N–H and O–H groups in total. The normalized spacial score (nSPS) is 16.7. The van der Waals surface area contributed by atoms with Gasteiger partial charge in [0.2, 0.25) is 10.0 Å². The van der Waals surface area contributed by atoms with Crippen LogP contribution in [0.25, 0.3) is 0 Å². The van der Waals surface area contributed by atoms with Gasteiger partial charge < -0.3 is 24.4 Å². The molecule has 1 aromatic rings. The van der Waals surface area contributed by atoms with Gasteiger partial charge in [-0.2, -0.15) is 0 Å². The summed E-state index contributed by atoms with van der Waals surface area (Å²) >= 11 is 0. The van der Waals surface area contributed by atoms with Gasteiger partial charge in [-0.25, -0.2) is 17.9 Å². The molecule has 1 fully saturated rings. The van der Waals surface area contributed by atoms with Crippen LogP contribution in [0.5, 0.6) is 5.75 Å². The summed E-state index contributed by atoms with van der Waals surface area (Å²) in [5, 5.41) is 9.83. The van der Waals surface area contributed by atoms with Crippen molar-refractivity contribution in [3.05, 3.63) is 53.0 Å². The van der Waals surface area contributed by atoms with E-state index in [0.29, 0.717) is 36.9 Å². The van der Waals surface area contributed by atoms with Crippen molar-refractivity contribution >= 4 is 21.7 Å². The number of benzene rings is 1. The van der Waals surface area contributed by atoms with E-state index in [1.807, 2.05) is 36.0 Å². The number of ether oxygens (including phenoxy) is 2. The van der Waals surface area contributed by atoms with Crippen LogP contribution >= 0.6 is 0 Å². The zero-order valence-corrected chi connectivity index (χ0v) is 23.9. The molecule has 2 aliphatic carbocycles. The molecule has 0 heterocycles. The van der Waals surface area contributed by atoms with Gasteiger partial charge in [0.1, 0.15) is 23.0 Å². The lowest BCUT2D eigenvalue weighted by molar-refractivity contribution is 0.0696. The van der Waals surface area contributed by atoms with Crippen LogP contribution in [0.1, 0.15) is 56.3 Å². The van der Waals surface area contributed by atoms with Crippen molar-refractivity contribution in [3.8, 4) is 5.75 Å². The summed E-state index contributed by atoms with van der Waals surface area (Å²) in [5.41, 5.74) is 1.58. The molecule has 0 bridgehead atoms. The summed E-state index contributed by atoms with van der Waals surface area (Å²) in [4.78, 5) is 15.9. The third kappa shape index (κ3) is 7.85. The predicted octanol–water partition coefficient (Wildman–Crippen LogP) is 4.38. The Morgan fingerprint density at radius 2 is 1.76 bits per heavy atom. The number of carboxylic acid groups (broad SMARTS) is 1. The van der Waals surface area contributed by atoms with Crippen LogP contribution in [-0.2, 0) is 14.8 Å². The molecular weight excluding hydrogens is 506 g/mol. The highest BCUT2D eigenvalue weighted by atomic mass is 32.2. The maximum atomic E-state index is 13.2. The Bertz CT molecular complexity index is 1200. The zero-order chi connectivity index (χ0) is 27.9. The van der Waals surface area contributed by atoms with E-state index in [4.69, 9.17) is 9.47 Å². The van der Waals surface area contributed by atoms with Crippen molar-refractivity contribution < 1.29 is 27.8 Å². The van der Waals surface area contributed by atoms with Gasteiger partial charge in [0, 0.05) is 31.6 Å². The fourth-order valence-electron chi connectivity index (χ4n) is 4.16. The van der Waals surface area contributed by atoms with Crippen molar-refractivity contribution in [1.29, 1.82) is 0 Å². The van der Waals surface area contributed by atoms with Crippen molar-refractivity contribution in [2.24, 2.45) is 5.92 Å². The molecule has 9 nitrogen and oxygen atoms in total. The number of anilines is 1. The number of nitrogens with zero attached hydrogens (tertiary/aromatic N) is 2. The third-order valence-corrected chi connectivity index (χ3v) is 7.94. The van der Waals surface area contributed by atoms with Crippen molar-refractivity contribution in [2.45, 2.75) is 50.8 Å². The van der Waals surface area contributed by atoms with E-state index < -0.39 is 16.0 Å². The van der Waals surface area contributed by atoms with E-state index in [9.17, 15) is 18.3 Å². The molecule has 0 radical (unpaired) electrons. The maximum absolute atomic E-state index is 13.2. The van der Waals surface area contributed by atoms with Gasteiger partial charge in [-0.1, -0.05) is 32.3 Å². The number of likely N-dealkylation sites (N-methyl/N-ethyl adjacent to an activating group) is 1. The van der Waals surface area contributed by atoms with E-state index in [2.05, 4.69) is 18.6 Å². The van der Waals surface area contributed by atoms with Crippen molar-refractivity contribution in [3.63, 3.8) is 0 Å². The third-order valence-electron chi connectivity index (χ3n) is 6.52. The first-order valence-corrected chi connectivity index (χ1v) is 14.8. The highest BCUT2D eigenvalue weighted by Crippen LogP contribution is 2.44. The topological polar surface area (TPSA) is 108 Å². The van der Waals surface area contributed by atoms with Gasteiger partial charge in [0.15, 0.2) is 5.75 Å². The number of sulfonamides is 1. The summed E-state index contributed by atoms with van der Waals surface area (Å²) in [6.07, 6.45) is 10.3. The molecule has 0 aliphatic heterocycles. The largest absolute Gasteiger partial charge is 0.492 e. The smallest absolute Gasteiger partial charge is 0.335 e. The molecule has 210 valence electrons. The Morgan fingerprint density at radius 1 is 1.08 bits per heavy atom.